The Labute approximate surface area is 279 Å². The summed E-state index contributed by atoms with van der Waals surface area (Å²) >= 11 is 0. The molecule has 260 valence electrons. The van der Waals surface area contributed by atoms with E-state index in [1.807, 2.05) is 0 Å². The van der Waals surface area contributed by atoms with Crippen molar-refractivity contribution in [2.45, 2.75) is 252 Å². The fourth-order valence-electron chi connectivity index (χ4n) is 7.03. The monoisotopic (exact) mass is 616 g/mol. The Morgan fingerprint density at radius 1 is 0.386 bits per heavy atom. The summed E-state index contributed by atoms with van der Waals surface area (Å²) in [6.45, 7) is 9.39. The highest BCUT2D eigenvalue weighted by atomic mass is 15.1. The van der Waals surface area contributed by atoms with Crippen molar-refractivity contribution in [1.82, 2.24) is 4.57 Å². The van der Waals surface area contributed by atoms with Gasteiger partial charge in [0.05, 0.1) is 13.1 Å². The van der Waals surface area contributed by atoms with Crippen molar-refractivity contribution < 1.29 is 4.57 Å². The van der Waals surface area contributed by atoms with Gasteiger partial charge in [0.2, 0.25) is 0 Å². The minimum absolute atomic E-state index is 1.22. The molecule has 0 atom stereocenters. The molecule has 0 amide bonds. The average Bonchev–Trinajstić information content (AvgIpc) is 3.42. The van der Waals surface area contributed by atoms with Gasteiger partial charge >= 0.3 is 0 Å². The molecule has 0 spiro atoms. The predicted molar refractivity (Wildman–Crippen MR) is 198 cm³/mol. The number of aromatic nitrogens is 2. The van der Waals surface area contributed by atoms with E-state index in [-0.39, 0.29) is 0 Å². The zero-order chi connectivity index (χ0) is 31.6. The molecule has 0 unspecified atom stereocenters. The van der Waals surface area contributed by atoms with Crippen molar-refractivity contribution in [3.05, 3.63) is 18.2 Å². The highest BCUT2D eigenvalue weighted by Gasteiger charge is 2.16. The Balaban J connectivity index is 2.10. The number of imidazole rings is 1. The van der Waals surface area contributed by atoms with Crippen LogP contribution in [0.2, 0.25) is 0 Å². The lowest BCUT2D eigenvalue weighted by Gasteiger charge is -2.07. The Kier molecular flexibility index (Phi) is 31.5. The first-order chi connectivity index (χ1) is 21.8. The van der Waals surface area contributed by atoms with Gasteiger partial charge in [-0.2, -0.15) is 0 Å². The lowest BCUT2D eigenvalue weighted by Crippen LogP contribution is -2.37. The number of rotatable bonds is 36. The summed E-state index contributed by atoms with van der Waals surface area (Å²) in [5, 5.41) is 0. The second kappa shape index (κ2) is 33.6. The third-order valence-corrected chi connectivity index (χ3v) is 10.1. The molecule has 1 rings (SSSR count). The van der Waals surface area contributed by atoms with Crippen LogP contribution in [-0.4, -0.2) is 4.57 Å². The van der Waals surface area contributed by atoms with Gasteiger partial charge < -0.3 is 0 Å². The third-order valence-electron chi connectivity index (χ3n) is 10.1. The lowest BCUT2D eigenvalue weighted by atomic mass is 10.0. The van der Waals surface area contributed by atoms with Gasteiger partial charge in [-0.15, -0.1) is 0 Å². The van der Waals surface area contributed by atoms with Crippen LogP contribution in [0.5, 0.6) is 0 Å². The predicted octanol–water partition coefficient (Wildman–Crippen LogP) is 14.3. The summed E-state index contributed by atoms with van der Waals surface area (Å²) in [5.41, 5.74) is 0. The van der Waals surface area contributed by atoms with Crippen LogP contribution in [0.15, 0.2) is 12.4 Å². The molecule has 2 heteroatoms. The van der Waals surface area contributed by atoms with Gasteiger partial charge in [-0.1, -0.05) is 201 Å². The van der Waals surface area contributed by atoms with E-state index >= 15 is 0 Å². The summed E-state index contributed by atoms with van der Waals surface area (Å²) in [6.07, 6.45) is 53.4. The van der Waals surface area contributed by atoms with Crippen LogP contribution < -0.4 is 4.57 Å². The molecule has 0 saturated heterocycles. The summed E-state index contributed by atoms with van der Waals surface area (Å²) in [6, 6.07) is 0. The molecule has 0 fully saturated rings. The van der Waals surface area contributed by atoms with E-state index < -0.39 is 0 Å². The first kappa shape index (κ1) is 41.2. The largest absolute Gasteiger partial charge is 0.256 e. The number of nitrogens with zero attached hydrogens (tertiary/aromatic N) is 2. The zero-order valence-corrected chi connectivity index (χ0v) is 31.0. The van der Waals surface area contributed by atoms with Crippen molar-refractivity contribution in [2.75, 3.05) is 0 Å². The van der Waals surface area contributed by atoms with Crippen molar-refractivity contribution in [2.24, 2.45) is 0 Å². The molecule has 0 aromatic carbocycles. The Morgan fingerprint density at radius 3 is 1.09 bits per heavy atom. The van der Waals surface area contributed by atoms with Crippen LogP contribution in [0.1, 0.15) is 238 Å². The molecule has 0 aliphatic rings. The molecule has 0 radical (unpaired) electrons. The normalized spacial score (nSPS) is 11.6. The van der Waals surface area contributed by atoms with E-state index in [2.05, 4.69) is 42.3 Å². The summed E-state index contributed by atoms with van der Waals surface area (Å²) in [7, 11) is 0. The topological polar surface area (TPSA) is 8.81 Å². The Bertz CT molecular complexity index is 677. The first-order valence-electron chi connectivity index (χ1n) is 20.9. The van der Waals surface area contributed by atoms with Gasteiger partial charge in [-0.25, -0.2) is 9.13 Å². The van der Waals surface area contributed by atoms with Crippen LogP contribution in [0.3, 0.4) is 0 Å². The second-order valence-corrected chi connectivity index (χ2v) is 14.5. The van der Waals surface area contributed by atoms with Crippen LogP contribution in [0.25, 0.3) is 0 Å². The minimum Gasteiger partial charge on any atom is -0.234 e. The molecule has 44 heavy (non-hydrogen) atoms. The van der Waals surface area contributed by atoms with Crippen LogP contribution in [0.4, 0.5) is 0 Å². The van der Waals surface area contributed by atoms with Gasteiger partial charge in [0, 0.05) is 6.42 Å². The Morgan fingerprint density at radius 2 is 0.705 bits per heavy atom. The fraction of sp³-hybridized carbons (Fsp3) is 0.929. The molecular weight excluding hydrogens is 532 g/mol. The molecule has 0 N–H and O–H groups in total. The maximum absolute atomic E-state index is 2.62. The van der Waals surface area contributed by atoms with E-state index in [0.29, 0.717) is 0 Å². The van der Waals surface area contributed by atoms with Crippen molar-refractivity contribution >= 4 is 0 Å². The highest BCUT2D eigenvalue weighted by Crippen LogP contribution is 2.16. The highest BCUT2D eigenvalue weighted by molar-refractivity contribution is 4.84. The molecule has 0 saturated carbocycles. The number of aryl methyl sites for hydroxylation is 2. The van der Waals surface area contributed by atoms with Crippen LogP contribution in [-0.2, 0) is 19.5 Å². The van der Waals surface area contributed by atoms with Gasteiger partial charge in [0.1, 0.15) is 12.4 Å². The SMILES string of the molecule is CCCCCCCCCCCCCCCCCCn1cc[n+](CCCCC)c1CCCCCCCCCCCCCCCC. The summed E-state index contributed by atoms with van der Waals surface area (Å²) in [4.78, 5) is 0. The average molecular weight is 616 g/mol. The number of unbranched alkanes of at least 4 members (excludes halogenated alkanes) is 30. The smallest absolute Gasteiger partial charge is 0.234 e. The molecular formula is C42H83N2+. The second-order valence-electron chi connectivity index (χ2n) is 14.5. The molecule has 1 aromatic rings. The van der Waals surface area contributed by atoms with Crippen LogP contribution in [0, 0.1) is 0 Å². The quantitative estimate of drug-likeness (QED) is 0.0524. The molecule has 1 aromatic heterocycles. The van der Waals surface area contributed by atoms with Crippen molar-refractivity contribution in [1.29, 1.82) is 0 Å². The van der Waals surface area contributed by atoms with Crippen LogP contribution >= 0.6 is 0 Å². The van der Waals surface area contributed by atoms with Gasteiger partial charge in [0.25, 0.3) is 5.82 Å². The van der Waals surface area contributed by atoms with E-state index in [1.54, 1.807) is 5.82 Å². The first-order valence-corrected chi connectivity index (χ1v) is 20.9. The molecule has 2 nitrogen and oxygen atoms in total. The van der Waals surface area contributed by atoms with Gasteiger partial charge in [-0.3, -0.25) is 0 Å². The summed E-state index contributed by atoms with van der Waals surface area (Å²) in [5.74, 6) is 1.61. The van der Waals surface area contributed by atoms with E-state index in [0.717, 1.165) is 0 Å². The maximum Gasteiger partial charge on any atom is 0.256 e. The van der Waals surface area contributed by atoms with Crippen molar-refractivity contribution in [3.63, 3.8) is 0 Å². The molecule has 0 aliphatic heterocycles. The minimum atomic E-state index is 1.22. The molecule has 0 aliphatic carbocycles. The van der Waals surface area contributed by atoms with E-state index in [9.17, 15) is 0 Å². The standard InChI is InChI=1S/C42H83N2/c1-4-7-10-12-14-16-18-20-22-23-25-27-29-31-33-36-39-44-41-40-43(38-35-9-6-3)42(44)37-34-32-30-28-26-24-21-19-17-15-13-11-8-5-2/h40-41H,4-39H2,1-3H3/q+1. The maximum atomic E-state index is 2.62. The molecule has 1 heterocycles. The Hall–Kier alpha value is -0.790. The fourth-order valence-corrected chi connectivity index (χ4v) is 7.03. The van der Waals surface area contributed by atoms with Gasteiger partial charge in [0.15, 0.2) is 0 Å². The van der Waals surface area contributed by atoms with E-state index in [1.165, 1.54) is 231 Å². The van der Waals surface area contributed by atoms with Crippen molar-refractivity contribution in [3.8, 4) is 0 Å². The summed E-state index contributed by atoms with van der Waals surface area (Å²) < 4.78 is 5.22. The number of hydrogen-bond donors (Lipinski definition) is 0. The number of hydrogen-bond acceptors (Lipinski definition) is 0. The third kappa shape index (κ3) is 25.4. The zero-order valence-electron chi connectivity index (χ0n) is 31.0. The lowest BCUT2D eigenvalue weighted by molar-refractivity contribution is -0.704. The molecule has 0 bridgehead atoms. The van der Waals surface area contributed by atoms with Gasteiger partial charge in [-0.05, 0) is 32.1 Å². The van der Waals surface area contributed by atoms with E-state index in [4.69, 9.17) is 0 Å².